The van der Waals surface area contributed by atoms with Crippen LogP contribution < -0.4 is 10.5 Å². The van der Waals surface area contributed by atoms with Crippen LogP contribution >= 0.6 is 0 Å². The van der Waals surface area contributed by atoms with Crippen LogP contribution in [0.15, 0.2) is 35.6 Å². The molecule has 0 spiro atoms. The lowest BCUT2D eigenvalue weighted by Gasteiger charge is -2.27. The van der Waals surface area contributed by atoms with Gasteiger partial charge in [0.25, 0.3) is 0 Å². The second kappa shape index (κ2) is 9.06. The Morgan fingerprint density at radius 3 is 2.79 bits per heavy atom. The molecule has 0 atom stereocenters. The lowest BCUT2D eigenvalue weighted by Crippen LogP contribution is -2.38. The number of aryl methyl sites for hydroxylation is 1. The number of hydrogen-bond acceptors (Lipinski definition) is 8. The first-order valence-electron chi connectivity index (χ1n) is 11.4. The van der Waals surface area contributed by atoms with Gasteiger partial charge in [-0.05, 0) is 62.1 Å². The first kappa shape index (κ1) is 22.9. The zero-order valence-electron chi connectivity index (χ0n) is 19.4. The molecule has 0 radical (unpaired) electrons. The molecule has 10 nitrogen and oxygen atoms in total. The third kappa shape index (κ3) is 4.56. The molecule has 5 rings (SSSR count). The highest BCUT2D eigenvalue weighted by Crippen LogP contribution is 2.29. The van der Waals surface area contributed by atoms with Gasteiger partial charge < -0.3 is 15.4 Å². The minimum absolute atomic E-state index is 0.0539. The van der Waals surface area contributed by atoms with Gasteiger partial charge in [0.2, 0.25) is 10.0 Å². The van der Waals surface area contributed by atoms with Gasteiger partial charge in [-0.15, -0.1) is 0 Å². The maximum absolute atomic E-state index is 12.8. The predicted molar refractivity (Wildman–Crippen MR) is 128 cm³/mol. The number of likely N-dealkylation sites (N-methyl/N-ethyl adjacent to an activating group) is 1. The van der Waals surface area contributed by atoms with Crippen molar-refractivity contribution in [2.24, 2.45) is 0 Å². The fourth-order valence-electron chi connectivity index (χ4n) is 4.57. The maximum atomic E-state index is 12.8. The number of nitrogens with one attached hydrogen (secondary N) is 1. The largest absolute Gasteiger partial charge is 0.381 e. The average Bonchev–Trinajstić information content (AvgIpc) is 3.31. The van der Waals surface area contributed by atoms with Crippen molar-refractivity contribution in [3.63, 3.8) is 0 Å². The SMILES string of the molecule is Cc1cc(-c2cnc(N)c(-n3cc(S(=O)(=O)NC4CCOCC4)cn3)n2)cc2c1CCN(C)C2. The number of aromatic nitrogens is 4. The summed E-state index contributed by atoms with van der Waals surface area (Å²) >= 11 is 0. The third-order valence-corrected chi connectivity index (χ3v) is 7.93. The van der Waals surface area contributed by atoms with E-state index in [1.807, 2.05) is 0 Å². The van der Waals surface area contributed by atoms with Crippen LogP contribution in [0.3, 0.4) is 0 Å². The highest BCUT2D eigenvalue weighted by Gasteiger charge is 2.24. The maximum Gasteiger partial charge on any atom is 0.243 e. The zero-order valence-corrected chi connectivity index (χ0v) is 20.2. The molecule has 180 valence electrons. The molecule has 34 heavy (non-hydrogen) atoms. The number of ether oxygens (including phenoxy) is 1. The van der Waals surface area contributed by atoms with Crippen molar-refractivity contribution in [3.8, 4) is 17.1 Å². The van der Waals surface area contributed by atoms with E-state index >= 15 is 0 Å². The van der Waals surface area contributed by atoms with Crippen molar-refractivity contribution in [2.75, 3.05) is 32.5 Å². The van der Waals surface area contributed by atoms with Crippen LogP contribution in [0.5, 0.6) is 0 Å². The number of hydrogen-bond donors (Lipinski definition) is 2. The van der Waals surface area contributed by atoms with Crippen molar-refractivity contribution in [2.45, 2.75) is 43.7 Å². The molecule has 0 bridgehead atoms. The molecule has 4 heterocycles. The second-order valence-electron chi connectivity index (χ2n) is 9.01. The van der Waals surface area contributed by atoms with E-state index in [9.17, 15) is 8.42 Å². The molecule has 11 heteroatoms. The Morgan fingerprint density at radius 1 is 1.21 bits per heavy atom. The van der Waals surface area contributed by atoms with E-state index in [-0.39, 0.29) is 22.6 Å². The number of benzene rings is 1. The van der Waals surface area contributed by atoms with E-state index in [1.54, 1.807) is 6.20 Å². The molecular weight excluding hydrogens is 454 g/mol. The number of nitrogens with zero attached hydrogens (tertiary/aromatic N) is 5. The monoisotopic (exact) mass is 483 g/mol. The van der Waals surface area contributed by atoms with Crippen molar-refractivity contribution < 1.29 is 13.2 Å². The van der Waals surface area contributed by atoms with Crippen molar-refractivity contribution in [3.05, 3.63) is 47.4 Å². The molecule has 2 aliphatic heterocycles. The van der Waals surface area contributed by atoms with Gasteiger partial charge in [0, 0.05) is 37.9 Å². The Labute approximate surface area is 199 Å². The summed E-state index contributed by atoms with van der Waals surface area (Å²) < 4.78 is 35.1. The minimum atomic E-state index is -3.73. The standard InChI is InChI=1S/C23H29N7O3S/c1-15-9-16(10-17-13-29(2)6-3-20(15)17)21-12-25-22(24)23(27-21)30-14-19(11-26-30)34(31,32)28-18-4-7-33-8-5-18/h9-12,14,18,28H,3-8,13H2,1-2H3,(H2,24,25). The van der Waals surface area contributed by atoms with Crippen LogP contribution in [0.4, 0.5) is 5.82 Å². The molecule has 0 aliphatic carbocycles. The van der Waals surface area contributed by atoms with Gasteiger partial charge in [-0.1, -0.05) is 0 Å². The number of anilines is 1. The molecule has 0 unspecified atom stereocenters. The molecule has 1 saturated heterocycles. The summed E-state index contributed by atoms with van der Waals surface area (Å²) in [5, 5.41) is 4.22. The topological polar surface area (TPSA) is 128 Å². The number of nitrogens with two attached hydrogens (primary N) is 1. The van der Waals surface area contributed by atoms with Crippen molar-refractivity contribution in [1.82, 2.24) is 29.4 Å². The lowest BCUT2D eigenvalue weighted by molar-refractivity contribution is 0.0832. The average molecular weight is 484 g/mol. The molecule has 0 saturated carbocycles. The van der Waals surface area contributed by atoms with Gasteiger partial charge in [-0.2, -0.15) is 5.10 Å². The lowest BCUT2D eigenvalue weighted by atomic mass is 9.92. The van der Waals surface area contributed by atoms with Crippen LogP contribution in [0.25, 0.3) is 17.1 Å². The molecule has 0 amide bonds. The molecule has 1 fully saturated rings. The highest BCUT2D eigenvalue weighted by molar-refractivity contribution is 7.89. The van der Waals surface area contributed by atoms with Gasteiger partial charge in [-0.25, -0.2) is 27.8 Å². The van der Waals surface area contributed by atoms with E-state index in [2.05, 4.69) is 45.8 Å². The van der Waals surface area contributed by atoms with Gasteiger partial charge in [0.05, 0.1) is 24.3 Å². The number of nitrogen functional groups attached to an aromatic ring is 1. The number of fused-ring (bicyclic) bond motifs is 1. The van der Waals surface area contributed by atoms with Crippen LogP contribution in [0.2, 0.25) is 0 Å². The number of rotatable bonds is 5. The van der Waals surface area contributed by atoms with Crippen LogP contribution in [-0.4, -0.2) is 65.9 Å². The Morgan fingerprint density at radius 2 is 2.00 bits per heavy atom. The Hall–Kier alpha value is -2.86. The molecule has 2 aromatic heterocycles. The summed E-state index contributed by atoms with van der Waals surface area (Å²) in [4.78, 5) is 11.4. The van der Waals surface area contributed by atoms with E-state index < -0.39 is 10.0 Å². The number of sulfonamides is 1. The van der Waals surface area contributed by atoms with Gasteiger partial charge >= 0.3 is 0 Å². The Kier molecular flexibility index (Phi) is 6.11. The zero-order chi connectivity index (χ0) is 23.9. The van der Waals surface area contributed by atoms with Crippen LogP contribution in [-0.2, 0) is 27.7 Å². The highest BCUT2D eigenvalue weighted by atomic mass is 32.2. The molecule has 3 aromatic rings. The predicted octanol–water partition coefficient (Wildman–Crippen LogP) is 1.67. The van der Waals surface area contributed by atoms with E-state index in [0.717, 1.165) is 25.1 Å². The van der Waals surface area contributed by atoms with Gasteiger partial charge in [0.1, 0.15) is 4.90 Å². The summed E-state index contributed by atoms with van der Waals surface area (Å²) in [5.41, 5.74) is 11.6. The van der Waals surface area contributed by atoms with Crippen LogP contribution in [0.1, 0.15) is 29.5 Å². The van der Waals surface area contributed by atoms with Crippen LogP contribution in [0, 0.1) is 6.92 Å². The second-order valence-corrected chi connectivity index (χ2v) is 10.7. The van der Waals surface area contributed by atoms with E-state index in [0.29, 0.717) is 31.7 Å². The molecular formula is C23H29N7O3S. The summed E-state index contributed by atoms with van der Waals surface area (Å²) in [7, 11) is -1.61. The third-order valence-electron chi connectivity index (χ3n) is 6.46. The Bertz CT molecular complexity index is 1320. The molecule has 3 N–H and O–H groups in total. The van der Waals surface area contributed by atoms with E-state index in [4.69, 9.17) is 15.5 Å². The fraction of sp³-hybridized carbons (Fsp3) is 0.435. The van der Waals surface area contributed by atoms with Gasteiger partial charge in [-0.3, -0.25) is 0 Å². The van der Waals surface area contributed by atoms with E-state index in [1.165, 1.54) is 33.8 Å². The smallest absolute Gasteiger partial charge is 0.243 e. The summed E-state index contributed by atoms with van der Waals surface area (Å²) in [6.07, 6.45) is 6.67. The molecule has 2 aliphatic rings. The summed E-state index contributed by atoms with van der Waals surface area (Å²) in [6.45, 7) is 5.15. The normalized spacial score (nSPS) is 17.6. The summed E-state index contributed by atoms with van der Waals surface area (Å²) in [6, 6.07) is 4.12. The van der Waals surface area contributed by atoms with Gasteiger partial charge in [0.15, 0.2) is 11.6 Å². The first-order valence-corrected chi connectivity index (χ1v) is 12.9. The molecule has 1 aromatic carbocycles. The fourth-order valence-corrected chi connectivity index (χ4v) is 5.80. The Balaban J connectivity index is 1.45. The first-order chi connectivity index (χ1) is 16.3. The van der Waals surface area contributed by atoms with Crippen molar-refractivity contribution in [1.29, 1.82) is 0 Å². The van der Waals surface area contributed by atoms with Crippen molar-refractivity contribution >= 4 is 15.8 Å². The minimum Gasteiger partial charge on any atom is -0.381 e. The quantitative estimate of drug-likeness (QED) is 0.561. The summed E-state index contributed by atoms with van der Waals surface area (Å²) in [5.74, 6) is 0.458.